The minimum atomic E-state index is -3.06. The molecular formula is C7H8F2N2O3. The van der Waals surface area contributed by atoms with Crippen LogP contribution in [0.3, 0.4) is 0 Å². The van der Waals surface area contributed by atoms with Gasteiger partial charge in [-0.1, -0.05) is 0 Å². The molecule has 0 aliphatic heterocycles. The lowest BCUT2D eigenvalue weighted by molar-refractivity contribution is -0.00167. The standard InChI is InChI=1S/C7H8F2N2O3/c1-7(8,9)3-11-5(12)2-4(10-11)6(13)14/h2,12H,3H2,1H3,(H,13,14). The van der Waals surface area contributed by atoms with Gasteiger partial charge in [0.25, 0.3) is 5.92 Å². The van der Waals surface area contributed by atoms with E-state index in [-0.39, 0.29) is 0 Å². The number of aromatic carboxylic acids is 1. The minimum absolute atomic E-state index is 0.466. The van der Waals surface area contributed by atoms with Gasteiger partial charge in [0.2, 0.25) is 5.88 Å². The van der Waals surface area contributed by atoms with E-state index in [1.807, 2.05) is 0 Å². The van der Waals surface area contributed by atoms with Crippen LogP contribution in [0.4, 0.5) is 8.78 Å². The van der Waals surface area contributed by atoms with Gasteiger partial charge in [0, 0.05) is 13.0 Å². The van der Waals surface area contributed by atoms with Gasteiger partial charge in [-0.2, -0.15) is 5.10 Å². The van der Waals surface area contributed by atoms with Crippen molar-refractivity contribution in [2.75, 3.05) is 0 Å². The van der Waals surface area contributed by atoms with Crippen LogP contribution in [0.25, 0.3) is 0 Å². The maximum absolute atomic E-state index is 12.5. The molecule has 14 heavy (non-hydrogen) atoms. The summed E-state index contributed by atoms with van der Waals surface area (Å²) in [6.45, 7) is -0.208. The van der Waals surface area contributed by atoms with Crippen LogP contribution in [0.1, 0.15) is 17.4 Å². The SMILES string of the molecule is CC(F)(F)Cn1nc(C(=O)O)cc1O. The number of aromatic nitrogens is 2. The van der Waals surface area contributed by atoms with Gasteiger partial charge in [-0.25, -0.2) is 18.3 Å². The molecule has 2 N–H and O–H groups in total. The topological polar surface area (TPSA) is 75.4 Å². The molecule has 0 spiro atoms. The molecule has 7 heteroatoms. The van der Waals surface area contributed by atoms with E-state index in [1.165, 1.54) is 0 Å². The summed E-state index contributed by atoms with van der Waals surface area (Å²) < 4.78 is 25.5. The first kappa shape index (κ1) is 10.4. The molecule has 0 bridgehead atoms. The molecule has 78 valence electrons. The molecule has 1 heterocycles. The maximum atomic E-state index is 12.5. The summed E-state index contributed by atoms with van der Waals surface area (Å²) in [6.07, 6.45) is 0. The van der Waals surface area contributed by atoms with E-state index in [9.17, 15) is 13.6 Å². The van der Waals surface area contributed by atoms with Crippen molar-refractivity contribution in [2.24, 2.45) is 0 Å². The van der Waals surface area contributed by atoms with Crippen LogP contribution in [0.5, 0.6) is 5.88 Å². The quantitative estimate of drug-likeness (QED) is 0.771. The molecule has 1 aromatic rings. The molecule has 0 saturated carbocycles. The molecule has 1 aromatic heterocycles. The summed E-state index contributed by atoms with van der Waals surface area (Å²) in [5, 5.41) is 20.8. The summed E-state index contributed by atoms with van der Waals surface area (Å²) in [5.41, 5.74) is -0.466. The highest BCUT2D eigenvalue weighted by molar-refractivity contribution is 5.85. The molecule has 5 nitrogen and oxygen atoms in total. The first-order valence-corrected chi connectivity index (χ1v) is 3.67. The van der Waals surface area contributed by atoms with Crippen LogP contribution in [0.15, 0.2) is 6.07 Å². The molecule has 0 radical (unpaired) electrons. The lowest BCUT2D eigenvalue weighted by Gasteiger charge is -2.09. The number of alkyl halides is 2. The van der Waals surface area contributed by atoms with Crippen molar-refractivity contribution in [1.29, 1.82) is 0 Å². The summed E-state index contributed by atoms with van der Waals surface area (Å²) >= 11 is 0. The molecule has 0 unspecified atom stereocenters. The number of hydrogen-bond acceptors (Lipinski definition) is 3. The molecule has 0 saturated heterocycles. The second-order valence-electron chi connectivity index (χ2n) is 2.92. The molecule has 0 aliphatic rings. The van der Waals surface area contributed by atoms with Gasteiger partial charge < -0.3 is 10.2 Å². The number of carbonyl (C=O) groups is 1. The minimum Gasteiger partial charge on any atom is -0.493 e. The van der Waals surface area contributed by atoms with Crippen LogP contribution in [-0.2, 0) is 6.54 Å². The summed E-state index contributed by atoms with van der Waals surface area (Å²) in [5.74, 6) is -5.03. The van der Waals surface area contributed by atoms with Gasteiger partial charge in [-0.15, -0.1) is 0 Å². The number of hydrogen-bond donors (Lipinski definition) is 2. The Labute approximate surface area is 77.6 Å². The fraction of sp³-hybridized carbons (Fsp3) is 0.429. The predicted molar refractivity (Wildman–Crippen MR) is 41.5 cm³/mol. The van der Waals surface area contributed by atoms with E-state index >= 15 is 0 Å². The van der Waals surface area contributed by atoms with Crippen LogP contribution in [-0.4, -0.2) is 31.9 Å². The normalized spacial score (nSPS) is 11.6. The Morgan fingerprint density at radius 2 is 2.29 bits per heavy atom. The van der Waals surface area contributed by atoms with Crippen molar-refractivity contribution < 1.29 is 23.8 Å². The smallest absolute Gasteiger partial charge is 0.356 e. The molecule has 0 atom stereocenters. The highest BCUT2D eigenvalue weighted by Gasteiger charge is 2.25. The molecule has 0 amide bonds. The zero-order valence-corrected chi connectivity index (χ0v) is 7.24. The molecule has 0 aromatic carbocycles. The first-order chi connectivity index (χ1) is 6.29. The highest BCUT2D eigenvalue weighted by Crippen LogP contribution is 2.19. The van der Waals surface area contributed by atoms with Crippen LogP contribution < -0.4 is 0 Å². The van der Waals surface area contributed by atoms with Gasteiger partial charge in [0.15, 0.2) is 5.69 Å². The Morgan fingerprint density at radius 1 is 1.71 bits per heavy atom. The van der Waals surface area contributed by atoms with Crippen molar-refractivity contribution in [1.82, 2.24) is 9.78 Å². The third kappa shape index (κ3) is 2.41. The van der Waals surface area contributed by atoms with Crippen molar-refractivity contribution in [3.63, 3.8) is 0 Å². The maximum Gasteiger partial charge on any atom is 0.356 e. The zero-order valence-electron chi connectivity index (χ0n) is 7.24. The Balaban J connectivity index is 2.94. The van der Waals surface area contributed by atoms with E-state index in [0.29, 0.717) is 11.6 Å². The predicted octanol–water partition coefficient (Wildman–Crippen LogP) is 0.942. The Morgan fingerprint density at radius 3 is 2.64 bits per heavy atom. The van der Waals surface area contributed by atoms with E-state index < -0.39 is 30.0 Å². The fourth-order valence-electron chi connectivity index (χ4n) is 0.891. The molecule has 0 aliphatic carbocycles. The number of nitrogens with zero attached hydrogens (tertiary/aromatic N) is 2. The number of aromatic hydroxyl groups is 1. The van der Waals surface area contributed by atoms with Crippen molar-refractivity contribution in [2.45, 2.75) is 19.4 Å². The van der Waals surface area contributed by atoms with Gasteiger partial charge in [0.1, 0.15) is 6.54 Å². The Bertz CT molecular complexity index is 356. The number of rotatable bonds is 3. The van der Waals surface area contributed by atoms with Crippen molar-refractivity contribution >= 4 is 5.97 Å². The van der Waals surface area contributed by atoms with Gasteiger partial charge in [-0.3, -0.25) is 0 Å². The van der Waals surface area contributed by atoms with Crippen LogP contribution in [0.2, 0.25) is 0 Å². The van der Waals surface area contributed by atoms with Gasteiger partial charge >= 0.3 is 5.97 Å². The monoisotopic (exact) mass is 206 g/mol. The summed E-state index contributed by atoms with van der Waals surface area (Å²) in [6, 6.07) is 0.814. The lowest BCUT2D eigenvalue weighted by atomic mass is 10.4. The van der Waals surface area contributed by atoms with E-state index in [2.05, 4.69) is 5.10 Å². The third-order valence-electron chi connectivity index (χ3n) is 1.41. The largest absolute Gasteiger partial charge is 0.493 e. The van der Waals surface area contributed by atoms with Crippen molar-refractivity contribution in [3.8, 4) is 5.88 Å². The average Bonchev–Trinajstić information content (AvgIpc) is 2.29. The molecular weight excluding hydrogens is 198 g/mol. The van der Waals surface area contributed by atoms with E-state index in [0.717, 1.165) is 6.07 Å². The Hall–Kier alpha value is -1.66. The lowest BCUT2D eigenvalue weighted by Crippen LogP contribution is -2.20. The highest BCUT2D eigenvalue weighted by atomic mass is 19.3. The van der Waals surface area contributed by atoms with E-state index in [4.69, 9.17) is 10.2 Å². The number of carboxylic acids is 1. The first-order valence-electron chi connectivity index (χ1n) is 3.67. The van der Waals surface area contributed by atoms with E-state index in [1.54, 1.807) is 0 Å². The molecule has 0 fully saturated rings. The second-order valence-corrected chi connectivity index (χ2v) is 2.92. The Kier molecular flexibility index (Phi) is 2.41. The third-order valence-corrected chi connectivity index (χ3v) is 1.41. The summed E-state index contributed by atoms with van der Waals surface area (Å²) in [7, 11) is 0. The van der Waals surface area contributed by atoms with Crippen molar-refractivity contribution in [3.05, 3.63) is 11.8 Å². The number of carboxylic acid groups (broad SMARTS) is 1. The van der Waals surface area contributed by atoms with Gasteiger partial charge in [0.05, 0.1) is 0 Å². The van der Waals surface area contributed by atoms with Crippen LogP contribution in [0, 0.1) is 0 Å². The second kappa shape index (κ2) is 3.24. The fourth-order valence-corrected chi connectivity index (χ4v) is 0.891. The average molecular weight is 206 g/mol. The van der Waals surface area contributed by atoms with Gasteiger partial charge in [-0.05, 0) is 0 Å². The summed E-state index contributed by atoms with van der Waals surface area (Å²) in [4.78, 5) is 10.4. The zero-order chi connectivity index (χ0) is 10.9. The van der Waals surface area contributed by atoms with Crippen LogP contribution >= 0.6 is 0 Å². The molecule has 1 rings (SSSR count). The number of halogens is 2.